The van der Waals surface area contributed by atoms with Crippen molar-refractivity contribution in [3.8, 4) is 0 Å². The Kier molecular flexibility index (Phi) is 5.69. The number of rotatable bonds is 6. The van der Waals surface area contributed by atoms with Crippen LogP contribution >= 0.6 is 0 Å². The highest BCUT2D eigenvalue weighted by Gasteiger charge is 2.26. The van der Waals surface area contributed by atoms with Gasteiger partial charge in [0.05, 0.1) is 12.3 Å². The van der Waals surface area contributed by atoms with Crippen LogP contribution in [0.5, 0.6) is 0 Å². The van der Waals surface area contributed by atoms with Crippen molar-refractivity contribution in [3.05, 3.63) is 78.4 Å². The highest BCUT2D eigenvalue weighted by Crippen LogP contribution is 2.18. The van der Waals surface area contributed by atoms with Crippen LogP contribution in [-0.2, 0) is 4.84 Å². The quantitative estimate of drug-likeness (QED) is 0.794. The predicted octanol–water partition coefficient (Wildman–Crippen LogP) is 4.21. The summed E-state index contributed by atoms with van der Waals surface area (Å²) in [6, 6.07) is 17.5. The van der Waals surface area contributed by atoms with Crippen molar-refractivity contribution in [2.24, 2.45) is 5.16 Å². The van der Waals surface area contributed by atoms with E-state index in [4.69, 9.17) is 4.84 Å². The molecule has 5 nitrogen and oxygen atoms in total. The first-order valence-electron chi connectivity index (χ1n) is 8.67. The van der Waals surface area contributed by atoms with Crippen molar-refractivity contribution >= 4 is 17.4 Å². The minimum Gasteiger partial charge on any atom is -0.390 e. The number of nitrogens with one attached hydrogen (secondary N) is 1. The van der Waals surface area contributed by atoms with Crippen molar-refractivity contribution in [2.75, 3.05) is 18.4 Å². The molecule has 0 aliphatic carbocycles. The number of nitrogens with zero attached hydrogens (tertiary/aromatic N) is 2. The average Bonchev–Trinajstić information content (AvgIpc) is 3.11. The Bertz CT molecular complexity index is 802. The number of hydrogen-bond donors (Lipinski definition) is 1. The van der Waals surface area contributed by atoms with Crippen molar-refractivity contribution in [2.45, 2.75) is 19.4 Å². The number of carbonyl (C=O) groups excluding carboxylic acids is 1. The standard InChI is InChI=1S/C21H23N3O2/c1-3-12-24(21(25)22-18-11-7-8-16(2)13-18)15-19-14-20(23-26-19)17-9-5-4-6-10-17/h3-11,13,19H,1,12,14-15H2,2H3,(H,22,25)/t19-/m0/s1. The zero-order valence-electron chi connectivity index (χ0n) is 14.9. The third-order valence-corrected chi connectivity index (χ3v) is 4.17. The third kappa shape index (κ3) is 4.51. The molecule has 5 heteroatoms. The summed E-state index contributed by atoms with van der Waals surface area (Å²) in [5.41, 5.74) is 3.83. The maximum atomic E-state index is 12.6. The molecule has 2 aromatic rings. The van der Waals surface area contributed by atoms with Gasteiger partial charge in [0.1, 0.15) is 0 Å². The second-order valence-corrected chi connectivity index (χ2v) is 6.33. The molecule has 3 rings (SSSR count). The lowest BCUT2D eigenvalue weighted by Crippen LogP contribution is -2.40. The lowest BCUT2D eigenvalue weighted by atomic mass is 10.1. The number of carbonyl (C=O) groups is 1. The van der Waals surface area contributed by atoms with Gasteiger partial charge in [-0.3, -0.25) is 0 Å². The molecule has 1 aliphatic heterocycles. The van der Waals surface area contributed by atoms with Gasteiger partial charge in [0.25, 0.3) is 0 Å². The SMILES string of the molecule is C=CCN(C[C@@H]1CC(c2ccccc2)=NO1)C(=O)Nc1cccc(C)c1. The van der Waals surface area contributed by atoms with Crippen LogP contribution in [-0.4, -0.2) is 35.8 Å². The molecular weight excluding hydrogens is 326 g/mol. The van der Waals surface area contributed by atoms with E-state index in [1.165, 1.54) is 0 Å². The van der Waals surface area contributed by atoms with Gasteiger partial charge in [0, 0.05) is 18.7 Å². The van der Waals surface area contributed by atoms with Crippen molar-refractivity contribution in [3.63, 3.8) is 0 Å². The molecule has 2 aromatic carbocycles. The van der Waals surface area contributed by atoms with Gasteiger partial charge in [-0.1, -0.05) is 53.7 Å². The second-order valence-electron chi connectivity index (χ2n) is 6.33. The molecule has 134 valence electrons. The van der Waals surface area contributed by atoms with E-state index in [0.29, 0.717) is 19.5 Å². The molecule has 0 fully saturated rings. The zero-order chi connectivity index (χ0) is 18.4. The largest absolute Gasteiger partial charge is 0.390 e. The Hall–Kier alpha value is -3.08. The van der Waals surface area contributed by atoms with Gasteiger partial charge in [-0.25, -0.2) is 4.79 Å². The molecule has 26 heavy (non-hydrogen) atoms. The monoisotopic (exact) mass is 349 g/mol. The summed E-state index contributed by atoms with van der Waals surface area (Å²) in [6.45, 7) is 6.63. The molecular formula is C21H23N3O2. The summed E-state index contributed by atoms with van der Waals surface area (Å²) in [5, 5.41) is 7.12. The minimum atomic E-state index is -0.174. The molecule has 0 radical (unpaired) electrons. The van der Waals surface area contributed by atoms with E-state index >= 15 is 0 Å². The first kappa shape index (κ1) is 17.7. The van der Waals surface area contributed by atoms with Crippen molar-refractivity contribution in [1.82, 2.24) is 4.90 Å². The van der Waals surface area contributed by atoms with Crippen LogP contribution in [0.1, 0.15) is 17.5 Å². The summed E-state index contributed by atoms with van der Waals surface area (Å²) >= 11 is 0. The summed E-state index contributed by atoms with van der Waals surface area (Å²) < 4.78 is 0. The van der Waals surface area contributed by atoms with Crippen LogP contribution in [0.4, 0.5) is 10.5 Å². The molecule has 0 bridgehead atoms. The summed E-state index contributed by atoms with van der Waals surface area (Å²) in [4.78, 5) is 19.9. The highest BCUT2D eigenvalue weighted by molar-refractivity contribution is 6.01. The molecule has 1 heterocycles. The molecule has 0 unspecified atom stereocenters. The first-order valence-corrected chi connectivity index (χ1v) is 8.67. The maximum absolute atomic E-state index is 12.6. The Labute approximate surface area is 154 Å². The van der Waals surface area contributed by atoms with Gasteiger partial charge < -0.3 is 15.1 Å². The lowest BCUT2D eigenvalue weighted by Gasteiger charge is -2.24. The molecule has 0 saturated heterocycles. The van der Waals surface area contributed by atoms with Gasteiger partial charge in [-0.2, -0.15) is 0 Å². The normalized spacial score (nSPS) is 15.7. The molecule has 1 atom stereocenters. The third-order valence-electron chi connectivity index (χ3n) is 4.17. The highest BCUT2D eigenvalue weighted by atomic mass is 16.6. The second kappa shape index (κ2) is 8.34. The van der Waals surface area contributed by atoms with Crippen molar-refractivity contribution in [1.29, 1.82) is 0 Å². The van der Waals surface area contributed by atoms with E-state index < -0.39 is 0 Å². The molecule has 1 aliphatic rings. The molecule has 1 N–H and O–H groups in total. The van der Waals surface area contributed by atoms with E-state index in [1.807, 2.05) is 61.5 Å². The van der Waals surface area contributed by atoms with Gasteiger partial charge in [0.2, 0.25) is 0 Å². The lowest BCUT2D eigenvalue weighted by molar-refractivity contribution is 0.0645. The smallest absolute Gasteiger partial charge is 0.322 e. The van der Waals surface area contributed by atoms with E-state index in [9.17, 15) is 4.79 Å². The fourth-order valence-electron chi connectivity index (χ4n) is 2.89. The van der Waals surface area contributed by atoms with Crippen LogP contribution in [0.2, 0.25) is 0 Å². The summed E-state index contributed by atoms with van der Waals surface area (Å²) in [5.74, 6) is 0. The summed E-state index contributed by atoms with van der Waals surface area (Å²) in [6.07, 6.45) is 2.23. The fourth-order valence-corrected chi connectivity index (χ4v) is 2.89. The van der Waals surface area contributed by atoms with Gasteiger partial charge in [0.15, 0.2) is 6.10 Å². The molecule has 0 saturated carbocycles. The van der Waals surface area contributed by atoms with Crippen LogP contribution in [0.25, 0.3) is 0 Å². The number of urea groups is 1. The number of amides is 2. The minimum absolute atomic E-state index is 0.159. The van der Waals surface area contributed by atoms with Crippen LogP contribution in [0.3, 0.4) is 0 Å². The van der Waals surface area contributed by atoms with Crippen LogP contribution in [0, 0.1) is 6.92 Å². The molecule has 0 aromatic heterocycles. The maximum Gasteiger partial charge on any atom is 0.322 e. The number of hydrogen-bond acceptors (Lipinski definition) is 3. The van der Waals surface area contributed by atoms with E-state index in [-0.39, 0.29) is 12.1 Å². The topological polar surface area (TPSA) is 53.9 Å². The Morgan fingerprint density at radius 2 is 2.12 bits per heavy atom. The number of benzene rings is 2. The molecule has 0 spiro atoms. The number of aryl methyl sites for hydroxylation is 1. The Morgan fingerprint density at radius 3 is 2.85 bits per heavy atom. The van der Waals surface area contributed by atoms with E-state index in [2.05, 4.69) is 17.1 Å². The van der Waals surface area contributed by atoms with E-state index in [0.717, 1.165) is 22.5 Å². The average molecular weight is 349 g/mol. The summed E-state index contributed by atoms with van der Waals surface area (Å²) in [7, 11) is 0. The molecule has 2 amide bonds. The van der Waals surface area contributed by atoms with Crippen molar-refractivity contribution < 1.29 is 9.63 Å². The number of anilines is 1. The zero-order valence-corrected chi connectivity index (χ0v) is 14.9. The fraction of sp³-hybridized carbons (Fsp3) is 0.238. The van der Waals surface area contributed by atoms with Gasteiger partial charge >= 0.3 is 6.03 Å². The van der Waals surface area contributed by atoms with Gasteiger partial charge in [-0.05, 0) is 30.2 Å². The van der Waals surface area contributed by atoms with Crippen LogP contribution < -0.4 is 5.32 Å². The Balaban J connectivity index is 1.60. The first-order chi connectivity index (χ1) is 12.7. The number of oxime groups is 1. The Morgan fingerprint density at radius 1 is 1.31 bits per heavy atom. The predicted molar refractivity (Wildman–Crippen MR) is 104 cm³/mol. The van der Waals surface area contributed by atoms with Gasteiger partial charge in [-0.15, -0.1) is 6.58 Å². The van der Waals surface area contributed by atoms with Crippen LogP contribution in [0.15, 0.2) is 72.4 Å². The van der Waals surface area contributed by atoms with E-state index in [1.54, 1.807) is 11.0 Å².